The molecule has 1 amide bonds. The maximum Gasteiger partial charge on any atom is 0.271 e. The molecule has 0 heterocycles. The van der Waals surface area contributed by atoms with Crippen molar-refractivity contribution in [2.45, 2.75) is 6.92 Å². The van der Waals surface area contributed by atoms with Crippen molar-refractivity contribution in [3.63, 3.8) is 0 Å². The summed E-state index contributed by atoms with van der Waals surface area (Å²) in [5, 5.41) is 4.98. The Hall–Kier alpha value is -2.04. The third-order valence-electron chi connectivity index (χ3n) is 2.99. The van der Waals surface area contributed by atoms with E-state index in [1.54, 1.807) is 56.5 Å². The summed E-state index contributed by atoms with van der Waals surface area (Å²) in [5.74, 6) is 0.288. The normalized spacial score (nSPS) is 11.2. The number of benzene rings is 2. The second kappa shape index (κ2) is 7.29. The quantitative estimate of drug-likeness (QED) is 0.673. The van der Waals surface area contributed by atoms with Gasteiger partial charge in [-0.2, -0.15) is 5.10 Å². The number of methoxy groups -OCH3 is 1. The molecule has 0 fully saturated rings. The minimum Gasteiger partial charge on any atom is -0.497 e. The molecule has 114 valence electrons. The van der Waals surface area contributed by atoms with Crippen LogP contribution in [-0.2, 0) is 0 Å². The maximum absolute atomic E-state index is 12.0. The summed E-state index contributed by atoms with van der Waals surface area (Å²) in [7, 11) is 1.55. The highest BCUT2D eigenvalue weighted by Crippen LogP contribution is 2.22. The number of amides is 1. The van der Waals surface area contributed by atoms with Crippen LogP contribution < -0.4 is 10.2 Å². The second-order valence-electron chi connectivity index (χ2n) is 4.50. The maximum atomic E-state index is 12.0. The summed E-state index contributed by atoms with van der Waals surface area (Å²) in [6.07, 6.45) is 0. The van der Waals surface area contributed by atoms with Crippen LogP contribution in [-0.4, -0.2) is 18.7 Å². The predicted molar refractivity (Wildman–Crippen MR) is 89.1 cm³/mol. The molecule has 0 spiro atoms. The van der Waals surface area contributed by atoms with E-state index >= 15 is 0 Å². The van der Waals surface area contributed by atoms with Crippen molar-refractivity contribution in [2.75, 3.05) is 7.11 Å². The zero-order valence-electron chi connectivity index (χ0n) is 12.1. The van der Waals surface area contributed by atoms with Gasteiger partial charge in [0.2, 0.25) is 0 Å². The number of nitrogens with one attached hydrogen (secondary N) is 1. The van der Waals surface area contributed by atoms with E-state index in [-0.39, 0.29) is 5.91 Å². The van der Waals surface area contributed by atoms with E-state index in [9.17, 15) is 4.79 Å². The van der Waals surface area contributed by atoms with E-state index in [0.717, 1.165) is 5.56 Å². The van der Waals surface area contributed by atoms with Gasteiger partial charge < -0.3 is 4.74 Å². The van der Waals surface area contributed by atoms with Gasteiger partial charge in [0.05, 0.1) is 22.9 Å². The van der Waals surface area contributed by atoms with Gasteiger partial charge in [0.25, 0.3) is 5.91 Å². The number of carbonyl (C=O) groups is 1. The minimum atomic E-state index is -0.321. The number of halogens is 2. The van der Waals surface area contributed by atoms with Crippen molar-refractivity contribution in [3.8, 4) is 5.75 Å². The topological polar surface area (TPSA) is 50.7 Å². The minimum absolute atomic E-state index is 0.321. The smallest absolute Gasteiger partial charge is 0.271 e. The fraction of sp³-hybridized carbons (Fsp3) is 0.125. The summed E-state index contributed by atoms with van der Waals surface area (Å²) in [6.45, 7) is 1.77. The van der Waals surface area contributed by atoms with E-state index in [1.807, 2.05) is 0 Å². The number of nitrogens with zero attached hydrogens (tertiary/aromatic N) is 1. The van der Waals surface area contributed by atoms with Crippen molar-refractivity contribution in [3.05, 3.63) is 63.6 Å². The van der Waals surface area contributed by atoms with Crippen molar-refractivity contribution in [1.82, 2.24) is 5.43 Å². The van der Waals surface area contributed by atoms with E-state index in [2.05, 4.69) is 10.5 Å². The van der Waals surface area contributed by atoms with Gasteiger partial charge >= 0.3 is 0 Å². The van der Waals surface area contributed by atoms with Gasteiger partial charge in [-0.1, -0.05) is 35.3 Å². The van der Waals surface area contributed by atoms with Crippen molar-refractivity contribution < 1.29 is 9.53 Å². The standard InChI is InChI=1S/C16H14Cl2N2O2/c1-10(11-6-7-14(17)15(18)9-11)19-20-16(21)12-4-3-5-13(8-12)22-2/h3-9H,1-2H3,(H,20,21). The average Bonchev–Trinajstić information content (AvgIpc) is 2.54. The third-order valence-corrected chi connectivity index (χ3v) is 3.73. The van der Waals surface area contributed by atoms with Crippen molar-refractivity contribution >= 4 is 34.8 Å². The number of rotatable bonds is 4. The molecule has 22 heavy (non-hydrogen) atoms. The van der Waals surface area contributed by atoms with Gasteiger partial charge in [-0.25, -0.2) is 5.43 Å². The number of hydrogen-bond donors (Lipinski definition) is 1. The molecule has 0 saturated heterocycles. The Morgan fingerprint density at radius 1 is 1.09 bits per heavy atom. The molecule has 0 aromatic heterocycles. The average molecular weight is 337 g/mol. The molecule has 0 aliphatic carbocycles. The zero-order chi connectivity index (χ0) is 16.1. The largest absolute Gasteiger partial charge is 0.497 e. The summed E-state index contributed by atoms with van der Waals surface area (Å²) in [4.78, 5) is 12.0. The molecule has 0 aliphatic rings. The van der Waals surface area contributed by atoms with Crippen LogP contribution in [0.1, 0.15) is 22.8 Å². The third kappa shape index (κ3) is 4.00. The first-order chi connectivity index (χ1) is 10.5. The molecule has 0 atom stereocenters. The Morgan fingerprint density at radius 3 is 2.55 bits per heavy atom. The van der Waals surface area contributed by atoms with Crippen molar-refractivity contribution in [1.29, 1.82) is 0 Å². The lowest BCUT2D eigenvalue weighted by atomic mass is 10.1. The first kappa shape index (κ1) is 16.3. The monoisotopic (exact) mass is 336 g/mol. The molecule has 0 bridgehead atoms. The first-order valence-corrected chi connectivity index (χ1v) is 7.21. The van der Waals surface area contributed by atoms with Crippen LogP contribution in [0.3, 0.4) is 0 Å². The molecule has 1 N–H and O–H groups in total. The van der Waals surface area contributed by atoms with E-state index in [4.69, 9.17) is 27.9 Å². The lowest BCUT2D eigenvalue weighted by Crippen LogP contribution is -2.19. The molecule has 0 aliphatic heterocycles. The highest BCUT2D eigenvalue weighted by molar-refractivity contribution is 6.42. The highest BCUT2D eigenvalue weighted by Gasteiger charge is 2.07. The highest BCUT2D eigenvalue weighted by atomic mass is 35.5. The molecule has 4 nitrogen and oxygen atoms in total. The Labute approximate surface area is 138 Å². The van der Waals surface area contributed by atoms with Gasteiger partial charge in [0, 0.05) is 5.56 Å². The Morgan fingerprint density at radius 2 is 1.86 bits per heavy atom. The van der Waals surface area contributed by atoms with Gasteiger partial charge in [-0.15, -0.1) is 0 Å². The number of hydrogen-bond acceptors (Lipinski definition) is 3. The van der Waals surface area contributed by atoms with Gasteiger partial charge in [-0.3, -0.25) is 4.79 Å². The van der Waals surface area contributed by atoms with Crippen molar-refractivity contribution in [2.24, 2.45) is 5.10 Å². The lowest BCUT2D eigenvalue weighted by molar-refractivity contribution is 0.0954. The van der Waals surface area contributed by atoms with Crippen LogP contribution >= 0.6 is 23.2 Å². The molecular weight excluding hydrogens is 323 g/mol. The van der Waals surface area contributed by atoms with Crippen LogP contribution in [0.25, 0.3) is 0 Å². The summed E-state index contributed by atoms with van der Waals surface area (Å²) in [6, 6.07) is 12.0. The molecule has 0 saturated carbocycles. The van der Waals surface area contributed by atoms with E-state index in [1.165, 1.54) is 0 Å². The van der Waals surface area contributed by atoms with Gasteiger partial charge in [0.15, 0.2) is 0 Å². The molecule has 0 unspecified atom stereocenters. The fourth-order valence-corrected chi connectivity index (χ4v) is 2.05. The molecule has 2 rings (SSSR count). The number of ether oxygens (including phenoxy) is 1. The van der Waals surface area contributed by atoms with Crippen LogP contribution in [0.4, 0.5) is 0 Å². The number of carbonyl (C=O) groups excluding carboxylic acids is 1. The van der Waals surface area contributed by atoms with E-state index < -0.39 is 0 Å². The molecule has 2 aromatic carbocycles. The Kier molecular flexibility index (Phi) is 5.41. The first-order valence-electron chi connectivity index (χ1n) is 6.45. The van der Waals surface area contributed by atoms with Gasteiger partial charge in [0.1, 0.15) is 5.75 Å². The molecule has 6 heteroatoms. The fourth-order valence-electron chi connectivity index (χ4n) is 1.75. The molecular formula is C16H14Cl2N2O2. The second-order valence-corrected chi connectivity index (χ2v) is 5.31. The molecule has 2 aromatic rings. The SMILES string of the molecule is COc1cccc(C(=O)NN=C(C)c2ccc(Cl)c(Cl)c2)c1. The van der Waals surface area contributed by atoms with Crippen LogP contribution in [0, 0.1) is 0 Å². The summed E-state index contributed by atoms with van der Waals surface area (Å²) >= 11 is 11.8. The zero-order valence-corrected chi connectivity index (χ0v) is 13.6. The van der Waals surface area contributed by atoms with Crippen LogP contribution in [0.2, 0.25) is 10.0 Å². The predicted octanol–water partition coefficient (Wildman–Crippen LogP) is 4.16. The van der Waals surface area contributed by atoms with Gasteiger partial charge in [-0.05, 0) is 42.8 Å². The molecule has 0 radical (unpaired) electrons. The van der Waals surface area contributed by atoms with Crippen LogP contribution in [0.5, 0.6) is 5.75 Å². The Bertz CT molecular complexity index is 730. The number of hydrazone groups is 1. The Balaban J connectivity index is 2.12. The lowest BCUT2D eigenvalue weighted by Gasteiger charge is -2.05. The van der Waals surface area contributed by atoms with Crippen LogP contribution in [0.15, 0.2) is 47.6 Å². The van der Waals surface area contributed by atoms with E-state index in [0.29, 0.717) is 27.1 Å². The summed E-state index contributed by atoms with van der Waals surface area (Å²) < 4.78 is 5.08. The summed E-state index contributed by atoms with van der Waals surface area (Å²) in [5.41, 5.74) is 4.36.